The molecule has 0 aromatic carbocycles. The summed E-state index contributed by atoms with van der Waals surface area (Å²) in [6, 6.07) is 0.623. The number of ether oxygens (including phenoxy) is 1. The van der Waals surface area contributed by atoms with Crippen LogP contribution in [0.5, 0.6) is 0 Å². The monoisotopic (exact) mass is 213 g/mol. The molecule has 1 saturated carbocycles. The van der Waals surface area contributed by atoms with Crippen molar-refractivity contribution in [2.45, 2.75) is 64.5 Å². The molecule has 1 rings (SSSR count). The SMILES string of the molecule is CNC(C)CCCOC1CCCCC1C. The second-order valence-corrected chi connectivity index (χ2v) is 5.00. The normalized spacial score (nSPS) is 29.0. The molecule has 3 atom stereocenters. The summed E-state index contributed by atoms with van der Waals surface area (Å²) in [7, 11) is 2.02. The molecule has 90 valence electrons. The summed E-state index contributed by atoms with van der Waals surface area (Å²) < 4.78 is 5.96. The van der Waals surface area contributed by atoms with Gasteiger partial charge < -0.3 is 10.1 Å². The van der Waals surface area contributed by atoms with Crippen LogP contribution in [0.15, 0.2) is 0 Å². The van der Waals surface area contributed by atoms with Crippen molar-refractivity contribution in [1.82, 2.24) is 5.32 Å². The Hall–Kier alpha value is -0.0800. The van der Waals surface area contributed by atoms with Crippen LogP contribution in [0.1, 0.15) is 52.4 Å². The molecule has 3 unspecified atom stereocenters. The fourth-order valence-corrected chi connectivity index (χ4v) is 2.30. The molecule has 1 N–H and O–H groups in total. The summed E-state index contributed by atoms with van der Waals surface area (Å²) in [4.78, 5) is 0. The zero-order valence-electron chi connectivity index (χ0n) is 10.6. The van der Waals surface area contributed by atoms with E-state index in [2.05, 4.69) is 19.2 Å². The molecule has 1 aliphatic carbocycles. The van der Waals surface area contributed by atoms with Crippen LogP contribution in [0.4, 0.5) is 0 Å². The highest BCUT2D eigenvalue weighted by Gasteiger charge is 2.21. The number of rotatable bonds is 6. The molecule has 0 spiro atoms. The molecule has 2 heteroatoms. The lowest BCUT2D eigenvalue weighted by atomic mass is 9.88. The van der Waals surface area contributed by atoms with Crippen molar-refractivity contribution in [1.29, 1.82) is 0 Å². The molecule has 1 fully saturated rings. The van der Waals surface area contributed by atoms with E-state index in [-0.39, 0.29) is 0 Å². The molecule has 0 radical (unpaired) electrons. The van der Waals surface area contributed by atoms with Crippen LogP contribution < -0.4 is 5.32 Å². The van der Waals surface area contributed by atoms with Crippen LogP contribution in [0.2, 0.25) is 0 Å². The summed E-state index contributed by atoms with van der Waals surface area (Å²) in [5, 5.41) is 3.26. The summed E-state index contributed by atoms with van der Waals surface area (Å²) >= 11 is 0. The topological polar surface area (TPSA) is 21.3 Å². The van der Waals surface area contributed by atoms with E-state index >= 15 is 0 Å². The van der Waals surface area contributed by atoms with Gasteiger partial charge in [0.1, 0.15) is 0 Å². The van der Waals surface area contributed by atoms with Crippen LogP contribution in [-0.2, 0) is 4.74 Å². The van der Waals surface area contributed by atoms with Gasteiger partial charge in [-0.25, -0.2) is 0 Å². The standard InChI is InChI=1S/C13H27NO/c1-11-7-4-5-9-13(11)15-10-6-8-12(2)14-3/h11-14H,4-10H2,1-3H3. The summed E-state index contributed by atoms with van der Waals surface area (Å²) in [5.74, 6) is 0.778. The van der Waals surface area contributed by atoms with Gasteiger partial charge in [0, 0.05) is 12.6 Å². The van der Waals surface area contributed by atoms with Gasteiger partial charge in [-0.2, -0.15) is 0 Å². The van der Waals surface area contributed by atoms with Crippen LogP contribution in [0, 0.1) is 5.92 Å². The van der Waals surface area contributed by atoms with Gasteiger partial charge in [-0.3, -0.25) is 0 Å². The van der Waals surface area contributed by atoms with Gasteiger partial charge in [0.25, 0.3) is 0 Å². The highest BCUT2D eigenvalue weighted by atomic mass is 16.5. The van der Waals surface area contributed by atoms with E-state index in [1.807, 2.05) is 7.05 Å². The summed E-state index contributed by atoms with van der Waals surface area (Å²) in [5.41, 5.74) is 0. The molecular weight excluding hydrogens is 186 g/mol. The minimum atomic E-state index is 0.545. The fourth-order valence-electron chi connectivity index (χ4n) is 2.30. The van der Waals surface area contributed by atoms with Crippen molar-refractivity contribution in [2.24, 2.45) is 5.92 Å². The van der Waals surface area contributed by atoms with Crippen molar-refractivity contribution in [3.05, 3.63) is 0 Å². The first-order chi connectivity index (χ1) is 7.24. The quantitative estimate of drug-likeness (QED) is 0.685. The molecule has 0 aromatic heterocycles. The fraction of sp³-hybridized carbons (Fsp3) is 1.00. The van der Waals surface area contributed by atoms with E-state index in [1.54, 1.807) is 0 Å². The first-order valence-corrected chi connectivity index (χ1v) is 6.53. The lowest BCUT2D eigenvalue weighted by Gasteiger charge is -2.28. The Morgan fingerprint density at radius 1 is 1.33 bits per heavy atom. The third-order valence-corrected chi connectivity index (χ3v) is 3.64. The largest absolute Gasteiger partial charge is 0.378 e. The van der Waals surface area contributed by atoms with Crippen molar-refractivity contribution in [2.75, 3.05) is 13.7 Å². The van der Waals surface area contributed by atoms with E-state index in [9.17, 15) is 0 Å². The third kappa shape index (κ3) is 4.98. The van der Waals surface area contributed by atoms with Crippen LogP contribution >= 0.6 is 0 Å². The Labute approximate surface area is 94.8 Å². The minimum Gasteiger partial charge on any atom is -0.378 e. The third-order valence-electron chi connectivity index (χ3n) is 3.64. The molecule has 15 heavy (non-hydrogen) atoms. The van der Waals surface area contributed by atoms with Gasteiger partial charge in [0.05, 0.1) is 6.10 Å². The average Bonchev–Trinajstić information content (AvgIpc) is 2.26. The van der Waals surface area contributed by atoms with Crippen molar-refractivity contribution in [3.63, 3.8) is 0 Å². The second kappa shape index (κ2) is 7.24. The number of nitrogens with one attached hydrogen (secondary N) is 1. The summed E-state index contributed by atoms with van der Waals surface area (Å²) in [6.45, 7) is 5.50. The van der Waals surface area contributed by atoms with Crippen LogP contribution in [-0.4, -0.2) is 25.8 Å². The lowest BCUT2D eigenvalue weighted by molar-refractivity contribution is -0.00692. The average molecular weight is 213 g/mol. The van der Waals surface area contributed by atoms with Gasteiger partial charge in [0.2, 0.25) is 0 Å². The van der Waals surface area contributed by atoms with Gasteiger partial charge >= 0.3 is 0 Å². The van der Waals surface area contributed by atoms with E-state index in [1.165, 1.54) is 38.5 Å². The molecule has 0 amide bonds. The Morgan fingerprint density at radius 3 is 2.73 bits per heavy atom. The predicted molar refractivity (Wildman–Crippen MR) is 65.1 cm³/mol. The summed E-state index contributed by atoms with van der Waals surface area (Å²) in [6.07, 6.45) is 8.35. The Bertz CT molecular complexity index is 161. The number of hydrogen-bond donors (Lipinski definition) is 1. The highest BCUT2D eigenvalue weighted by Crippen LogP contribution is 2.26. The van der Waals surface area contributed by atoms with E-state index in [0.717, 1.165) is 12.5 Å². The van der Waals surface area contributed by atoms with Crippen molar-refractivity contribution in [3.8, 4) is 0 Å². The Morgan fingerprint density at radius 2 is 2.07 bits per heavy atom. The Balaban J connectivity index is 2.03. The lowest BCUT2D eigenvalue weighted by Crippen LogP contribution is -2.27. The Kier molecular flexibility index (Phi) is 6.26. The van der Waals surface area contributed by atoms with Crippen molar-refractivity contribution < 1.29 is 4.74 Å². The van der Waals surface area contributed by atoms with E-state index < -0.39 is 0 Å². The van der Waals surface area contributed by atoms with Gasteiger partial charge in [-0.1, -0.05) is 19.8 Å². The minimum absolute atomic E-state index is 0.545. The molecule has 0 aromatic rings. The molecular formula is C13H27NO. The molecule has 2 nitrogen and oxygen atoms in total. The molecule has 0 aliphatic heterocycles. The molecule has 0 heterocycles. The second-order valence-electron chi connectivity index (χ2n) is 5.00. The van der Waals surface area contributed by atoms with Crippen LogP contribution in [0.25, 0.3) is 0 Å². The smallest absolute Gasteiger partial charge is 0.0600 e. The number of hydrogen-bond acceptors (Lipinski definition) is 2. The maximum atomic E-state index is 5.96. The first-order valence-electron chi connectivity index (χ1n) is 6.53. The van der Waals surface area contributed by atoms with Crippen LogP contribution in [0.3, 0.4) is 0 Å². The van der Waals surface area contributed by atoms with Crippen molar-refractivity contribution >= 4 is 0 Å². The molecule has 1 aliphatic rings. The van der Waals surface area contributed by atoms with E-state index in [4.69, 9.17) is 4.74 Å². The zero-order chi connectivity index (χ0) is 11.1. The van der Waals surface area contributed by atoms with Gasteiger partial charge in [-0.05, 0) is 45.6 Å². The molecule has 0 saturated heterocycles. The van der Waals surface area contributed by atoms with Gasteiger partial charge in [0.15, 0.2) is 0 Å². The predicted octanol–water partition coefficient (Wildman–Crippen LogP) is 2.97. The molecule has 0 bridgehead atoms. The van der Waals surface area contributed by atoms with Gasteiger partial charge in [-0.15, -0.1) is 0 Å². The maximum absolute atomic E-state index is 5.96. The first kappa shape index (κ1) is 13.0. The van der Waals surface area contributed by atoms with E-state index in [0.29, 0.717) is 12.1 Å². The maximum Gasteiger partial charge on any atom is 0.0600 e. The highest BCUT2D eigenvalue weighted by molar-refractivity contribution is 4.72. The zero-order valence-corrected chi connectivity index (χ0v) is 10.6.